The molecule has 0 N–H and O–H groups in total. The van der Waals surface area contributed by atoms with Crippen molar-refractivity contribution in [2.24, 2.45) is 5.92 Å². The first-order valence-corrected chi connectivity index (χ1v) is 9.28. The van der Waals surface area contributed by atoms with E-state index in [0.717, 1.165) is 42.5 Å². The van der Waals surface area contributed by atoms with Gasteiger partial charge >= 0.3 is 0 Å². The fourth-order valence-corrected chi connectivity index (χ4v) is 3.39. The lowest BCUT2D eigenvalue weighted by atomic mass is 10.1. The number of hydrogen-bond donors (Lipinski definition) is 0. The summed E-state index contributed by atoms with van der Waals surface area (Å²) in [4.78, 5) is 25.4. The van der Waals surface area contributed by atoms with E-state index in [-0.39, 0.29) is 5.91 Å². The first kappa shape index (κ1) is 18.4. The Morgan fingerprint density at radius 1 is 1.12 bits per heavy atom. The molecule has 1 aliphatic rings. The van der Waals surface area contributed by atoms with Crippen molar-refractivity contribution < 1.29 is 4.79 Å². The molecule has 7 nitrogen and oxygen atoms in total. The van der Waals surface area contributed by atoms with Crippen LogP contribution in [0.5, 0.6) is 0 Å². The van der Waals surface area contributed by atoms with Crippen molar-refractivity contribution >= 4 is 11.9 Å². The molecule has 0 aromatic carbocycles. The molecule has 1 aliphatic heterocycles. The van der Waals surface area contributed by atoms with E-state index >= 15 is 0 Å². The molecule has 1 amide bonds. The van der Waals surface area contributed by atoms with Crippen LogP contribution in [0.2, 0.25) is 0 Å². The molecule has 1 saturated heterocycles. The summed E-state index contributed by atoms with van der Waals surface area (Å²) in [5.74, 6) is 1.44. The summed E-state index contributed by atoms with van der Waals surface area (Å²) >= 11 is 0. The van der Waals surface area contributed by atoms with Crippen LogP contribution in [0.3, 0.4) is 0 Å². The van der Waals surface area contributed by atoms with Gasteiger partial charge < -0.3 is 9.80 Å². The second-order valence-electron chi connectivity index (χ2n) is 7.32. The first-order valence-electron chi connectivity index (χ1n) is 9.28. The van der Waals surface area contributed by atoms with Gasteiger partial charge in [0.05, 0.1) is 12.1 Å². The number of aryl methyl sites for hydroxylation is 1. The van der Waals surface area contributed by atoms with Gasteiger partial charge in [-0.15, -0.1) is 0 Å². The normalized spacial score (nSPS) is 15.0. The minimum absolute atomic E-state index is 0.175. The van der Waals surface area contributed by atoms with Crippen molar-refractivity contribution in [2.75, 3.05) is 31.1 Å². The summed E-state index contributed by atoms with van der Waals surface area (Å²) in [6, 6.07) is 1.81. The van der Waals surface area contributed by atoms with Crippen LogP contribution in [0.25, 0.3) is 0 Å². The summed E-state index contributed by atoms with van der Waals surface area (Å²) in [7, 11) is 0. The molecular formula is C19H28N6O. The zero-order chi connectivity index (χ0) is 18.7. The highest BCUT2D eigenvalue weighted by atomic mass is 16.2. The lowest BCUT2D eigenvalue weighted by Crippen LogP contribution is -2.49. The van der Waals surface area contributed by atoms with Gasteiger partial charge in [0.1, 0.15) is 0 Å². The molecule has 0 bridgehead atoms. The molecule has 2 aromatic heterocycles. The predicted octanol–water partition coefficient (Wildman–Crippen LogP) is 1.84. The topological polar surface area (TPSA) is 67.2 Å². The van der Waals surface area contributed by atoms with Crippen LogP contribution >= 0.6 is 0 Å². The van der Waals surface area contributed by atoms with E-state index in [1.54, 1.807) is 12.4 Å². The Labute approximate surface area is 155 Å². The summed E-state index contributed by atoms with van der Waals surface area (Å²) in [6.07, 6.45) is 3.93. The highest BCUT2D eigenvalue weighted by molar-refractivity contribution is 5.79. The van der Waals surface area contributed by atoms with Gasteiger partial charge in [0.15, 0.2) is 0 Å². The largest absolute Gasteiger partial charge is 0.339 e. The lowest BCUT2D eigenvalue weighted by Gasteiger charge is -2.34. The van der Waals surface area contributed by atoms with Crippen molar-refractivity contribution in [1.82, 2.24) is 24.6 Å². The van der Waals surface area contributed by atoms with Gasteiger partial charge in [-0.3, -0.25) is 9.48 Å². The monoisotopic (exact) mass is 356 g/mol. The number of anilines is 1. The Balaban J connectivity index is 1.60. The lowest BCUT2D eigenvalue weighted by molar-refractivity contribution is -0.130. The zero-order valence-corrected chi connectivity index (χ0v) is 16.1. The summed E-state index contributed by atoms with van der Waals surface area (Å²) < 4.78 is 2.04. The minimum atomic E-state index is 0.175. The van der Waals surface area contributed by atoms with Crippen molar-refractivity contribution in [3.63, 3.8) is 0 Å². The predicted molar refractivity (Wildman–Crippen MR) is 101 cm³/mol. The summed E-state index contributed by atoms with van der Waals surface area (Å²) in [5.41, 5.74) is 3.15. The average Bonchev–Trinajstić information content (AvgIpc) is 2.89. The molecule has 2 aromatic rings. The second-order valence-corrected chi connectivity index (χ2v) is 7.32. The smallest absolute Gasteiger partial charge is 0.227 e. The molecule has 3 rings (SSSR count). The number of carbonyl (C=O) groups is 1. The number of carbonyl (C=O) groups excluding carboxylic acids is 1. The summed E-state index contributed by atoms with van der Waals surface area (Å²) in [6.45, 7) is 12.2. The van der Waals surface area contributed by atoms with Crippen LogP contribution in [0.4, 0.5) is 5.95 Å². The van der Waals surface area contributed by atoms with Crippen LogP contribution < -0.4 is 4.90 Å². The van der Waals surface area contributed by atoms with Crippen molar-refractivity contribution in [3.05, 3.63) is 35.4 Å². The average molecular weight is 356 g/mol. The van der Waals surface area contributed by atoms with Crippen LogP contribution in [-0.2, 0) is 17.8 Å². The Hall–Kier alpha value is -2.44. The maximum Gasteiger partial charge on any atom is 0.227 e. The minimum Gasteiger partial charge on any atom is -0.339 e. The molecule has 0 unspecified atom stereocenters. The highest BCUT2D eigenvalue weighted by Gasteiger charge is 2.24. The second kappa shape index (κ2) is 7.85. The van der Waals surface area contributed by atoms with Crippen LogP contribution in [0, 0.1) is 19.8 Å². The fraction of sp³-hybridized carbons (Fsp3) is 0.579. The molecule has 7 heteroatoms. The molecule has 0 saturated carbocycles. The molecular weight excluding hydrogens is 328 g/mol. The Morgan fingerprint density at radius 2 is 1.77 bits per heavy atom. The number of nitrogens with zero attached hydrogens (tertiary/aromatic N) is 6. The van der Waals surface area contributed by atoms with E-state index < -0.39 is 0 Å². The molecule has 26 heavy (non-hydrogen) atoms. The third-order valence-electron chi connectivity index (χ3n) is 4.86. The SMILES string of the molecule is Cc1nn(CC(C)C)c(C)c1CC(=O)N1CCN(c2ncccn2)CC1. The van der Waals surface area contributed by atoms with Crippen molar-refractivity contribution in [1.29, 1.82) is 0 Å². The van der Waals surface area contributed by atoms with Gasteiger partial charge in [0.25, 0.3) is 0 Å². The van der Waals surface area contributed by atoms with Gasteiger partial charge in [-0.05, 0) is 25.8 Å². The van der Waals surface area contributed by atoms with E-state index in [1.807, 2.05) is 22.6 Å². The van der Waals surface area contributed by atoms with Gasteiger partial charge in [-0.2, -0.15) is 5.10 Å². The number of piperazine rings is 1. The van der Waals surface area contributed by atoms with Gasteiger partial charge in [0, 0.05) is 56.4 Å². The van der Waals surface area contributed by atoms with E-state index in [9.17, 15) is 4.79 Å². The van der Waals surface area contributed by atoms with Gasteiger partial charge in [-0.1, -0.05) is 13.8 Å². The summed E-state index contributed by atoms with van der Waals surface area (Å²) in [5, 5.41) is 4.62. The van der Waals surface area contributed by atoms with Crippen molar-refractivity contribution in [2.45, 2.75) is 40.7 Å². The third-order valence-corrected chi connectivity index (χ3v) is 4.86. The highest BCUT2D eigenvalue weighted by Crippen LogP contribution is 2.17. The standard InChI is InChI=1S/C19H28N6O/c1-14(2)13-25-16(4)17(15(3)22-25)12-18(26)23-8-10-24(11-9-23)19-20-6-5-7-21-19/h5-7,14H,8-13H2,1-4H3. The molecule has 3 heterocycles. The van der Waals surface area contributed by atoms with E-state index in [1.165, 1.54) is 0 Å². The molecule has 140 valence electrons. The maximum absolute atomic E-state index is 12.8. The first-order chi connectivity index (χ1) is 12.5. The Kier molecular flexibility index (Phi) is 5.54. The number of amides is 1. The molecule has 0 radical (unpaired) electrons. The third kappa shape index (κ3) is 4.03. The van der Waals surface area contributed by atoms with Crippen LogP contribution in [0.1, 0.15) is 30.8 Å². The molecule has 0 aliphatic carbocycles. The Morgan fingerprint density at radius 3 is 2.38 bits per heavy atom. The molecule has 1 fully saturated rings. The van der Waals surface area contributed by atoms with Crippen LogP contribution in [-0.4, -0.2) is 56.7 Å². The van der Waals surface area contributed by atoms with Crippen molar-refractivity contribution in [3.8, 4) is 0 Å². The number of aromatic nitrogens is 4. The van der Waals surface area contributed by atoms with E-state index in [2.05, 4.69) is 40.7 Å². The van der Waals surface area contributed by atoms with E-state index in [0.29, 0.717) is 25.4 Å². The number of rotatable bonds is 5. The molecule has 0 spiro atoms. The van der Waals surface area contributed by atoms with E-state index in [4.69, 9.17) is 0 Å². The van der Waals surface area contributed by atoms with Crippen LogP contribution in [0.15, 0.2) is 18.5 Å². The Bertz CT molecular complexity index is 747. The maximum atomic E-state index is 12.8. The molecule has 0 atom stereocenters. The van der Waals surface area contributed by atoms with Gasteiger partial charge in [0.2, 0.25) is 11.9 Å². The van der Waals surface area contributed by atoms with Gasteiger partial charge in [-0.25, -0.2) is 9.97 Å². The quantitative estimate of drug-likeness (QED) is 0.818. The fourth-order valence-electron chi connectivity index (χ4n) is 3.39. The number of hydrogen-bond acceptors (Lipinski definition) is 5. The zero-order valence-electron chi connectivity index (χ0n) is 16.1.